The third-order valence-corrected chi connectivity index (χ3v) is 5.83. The molecule has 1 unspecified atom stereocenters. The molecule has 7 nitrogen and oxygen atoms in total. The molecule has 0 bridgehead atoms. The number of likely N-dealkylation sites (tertiary alicyclic amines) is 1. The highest BCUT2D eigenvalue weighted by molar-refractivity contribution is 9.10. The van der Waals surface area contributed by atoms with E-state index in [4.69, 9.17) is 4.74 Å². The first-order valence-electron chi connectivity index (χ1n) is 10.1. The van der Waals surface area contributed by atoms with E-state index < -0.39 is 6.04 Å². The molecule has 1 saturated heterocycles. The molecule has 1 N–H and O–H groups in total. The summed E-state index contributed by atoms with van der Waals surface area (Å²) in [6.45, 7) is 6.41. The van der Waals surface area contributed by atoms with Crippen molar-refractivity contribution in [2.24, 2.45) is 5.92 Å². The van der Waals surface area contributed by atoms with Crippen molar-refractivity contribution in [1.29, 1.82) is 0 Å². The van der Waals surface area contributed by atoms with Crippen LogP contribution in [0.15, 0.2) is 28.7 Å². The molecule has 0 saturated carbocycles. The summed E-state index contributed by atoms with van der Waals surface area (Å²) in [6.07, 6.45) is 1.29. The lowest BCUT2D eigenvalue weighted by molar-refractivity contribution is -0.141. The molecule has 8 heteroatoms. The summed E-state index contributed by atoms with van der Waals surface area (Å²) < 4.78 is 5.67. The van der Waals surface area contributed by atoms with Gasteiger partial charge in [0, 0.05) is 36.6 Å². The Kier molecular flexibility index (Phi) is 8.95. The summed E-state index contributed by atoms with van der Waals surface area (Å²) in [5.74, 6) is -0.646. The van der Waals surface area contributed by atoms with Gasteiger partial charge >= 0.3 is 12.0 Å². The molecule has 29 heavy (non-hydrogen) atoms. The molecule has 0 aliphatic carbocycles. The van der Waals surface area contributed by atoms with E-state index >= 15 is 0 Å². The van der Waals surface area contributed by atoms with Crippen LogP contribution in [-0.4, -0.2) is 61.0 Å². The molecule has 1 aliphatic rings. The highest BCUT2D eigenvalue weighted by Crippen LogP contribution is 2.24. The summed E-state index contributed by atoms with van der Waals surface area (Å²) in [4.78, 5) is 40.8. The second-order valence-electron chi connectivity index (χ2n) is 7.11. The van der Waals surface area contributed by atoms with Crippen LogP contribution in [0.25, 0.3) is 0 Å². The molecular formula is C21H30BrN3O4. The number of halogens is 1. The number of piperidine rings is 1. The van der Waals surface area contributed by atoms with Crippen LogP contribution in [0.4, 0.5) is 4.79 Å². The number of amides is 3. The van der Waals surface area contributed by atoms with Crippen LogP contribution in [-0.2, 0) is 14.3 Å². The number of carbonyl (C=O) groups is 3. The van der Waals surface area contributed by atoms with Gasteiger partial charge in [-0.1, -0.05) is 28.1 Å². The quantitative estimate of drug-likeness (QED) is 0.623. The molecule has 2 rings (SSSR count). The molecule has 1 aliphatic heterocycles. The Hall–Kier alpha value is -2.09. The maximum atomic E-state index is 12.9. The van der Waals surface area contributed by atoms with Crippen LogP contribution in [0.3, 0.4) is 0 Å². The summed E-state index contributed by atoms with van der Waals surface area (Å²) in [6, 6.07) is 7.11. The van der Waals surface area contributed by atoms with Gasteiger partial charge in [0.25, 0.3) is 0 Å². The number of urea groups is 1. The van der Waals surface area contributed by atoms with E-state index in [0.717, 1.165) is 10.0 Å². The lowest BCUT2D eigenvalue weighted by Crippen LogP contribution is -2.48. The molecule has 1 heterocycles. The number of ether oxygens (including phenoxy) is 1. The van der Waals surface area contributed by atoms with E-state index in [-0.39, 0.29) is 30.2 Å². The lowest BCUT2D eigenvalue weighted by Gasteiger charge is -2.35. The van der Waals surface area contributed by atoms with E-state index in [1.54, 1.807) is 4.90 Å². The number of rotatable bonds is 7. The maximum absolute atomic E-state index is 12.9. The van der Waals surface area contributed by atoms with Crippen LogP contribution in [0, 0.1) is 5.92 Å². The Morgan fingerprint density at radius 3 is 2.45 bits per heavy atom. The highest BCUT2D eigenvalue weighted by atomic mass is 79.9. The molecule has 1 fully saturated rings. The zero-order chi connectivity index (χ0) is 21.4. The van der Waals surface area contributed by atoms with Gasteiger partial charge in [-0.15, -0.1) is 0 Å². The van der Waals surface area contributed by atoms with E-state index in [9.17, 15) is 14.4 Å². The van der Waals surface area contributed by atoms with E-state index in [0.29, 0.717) is 39.0 Å². The fourth-order valence-electron chi connectivity index (χ4n) is 3.54. The second kappa shape index (κ2) is 11.2. The van der Waals surface area contributed by atoms with Crippen molar-refractivity contribution in [3.63, 3.8) is 0 Å². The third-order valence-electron chi connectivity index (χ3n) is 5.34. The highest BCUT2D eigenvalue weighted by Gasteiger charge is 2.30. The monoisotopic (exact) mass is 467 g/mol. The molecule has 1 aromatic rings. The van der Waals surface area contributed by atoms with Crippen molar-refractivity contribution in [2.45, 2.75) is 39.2 Å². The second-order valence-corrected chi connectivity index (χ2v) is 8.03. The van der Waals surface area contributed by atoms with Crippen LogP contribution in [0.2, 0.25) is 0 Å². The number of nitrogens with zero attached hydrogens (tertiary/aromatic N) is 2. The number of benzene rings is 1. The Morgan fingerprint density at radius 2 is 1.90 bits per heavy atom. The van der Waals surface area contributed by atoms with E-state index in [2.05, 4.69) is 21.2 Å². The van der Waals surface area contributed by atoms with Gasteiger partial charge in [0.2, 0.25) is 5.91 Å². The third kappa shape index (κ3) is 6.45. The van der Waals surface area contributed by atoms with Crippen molar-refractivity contribution in [3.8, 4) is 0 Å². The first-order valence-corrected chi connectivity index (χ1v) is 10.8. The molecule has 0 spiro atoms. The smallest absolute Gasteiger partial charge is 0.319 e. The fourth-order valence-corrected chi connectivity index (χ4v) is 3.96. The van der Waals surface area contributed by atoms with E-state index in [1.807, 2.05) is 43.0 Å². The van der Waals surface area contributed by atoms with Crippen molar-refractivity contribution in [2.75, 3.05) is 33.3 Å². The van der Waals surface area contributed by atoms with Gasteiger partial charge in [-0.05, 0) is 44.4 Å². The van der Waals surface area contributed by atoms with Gasteiger partial charge in [0.1, 0.15) is 0 Å². The van der Waals surface area contributed by atoms with Crippen LogP contribution >= 0.6 is 15.9 Å². The molecule has 0 aromatic heterocycles. The summed E-state index contributed by atoms with van der Waals surface area (Å²) >= 11 is 3.43. The zero-order valence-electron chi connectivity index (χ0n) is 17.3. The molecule has 0 radical (unpaired) electrons. The van der Waals surface area contributed by atoms with Gasteiger partial charge in [0.05, 0.1) is 19.6 Å². The average Bonchev–Trinajstić information content (AvgIpc) is 2.74. The summed E-state index contributed by atoms with van der Waals surface area (Å²) in [5, 5.41) is 3.01. The maximum Gasteiger partial charge on any atom is 0.319 e. The normalized spacial score (nSPS) is 15.5. The molecule has 1 atom stereocenters. The topological polar surface area (TPSA) is 79.0 Å². The van der Waals surface area contributed by atoms with Gasteiger partial charge < -0.3 is 19.9 Å². The first-order chi connectivity index (χ1) is 13.9. The van der Waals surface area contributed by atoms with E-state index in [1.165, 1.54) is 7.11 Å². The van der Waals surface area contributed by atoms with Gasteiger partial charge in [-0.3, -0.25) is 9.59 Å². The van der Waals surface area contributed by atoms with Crippen molar-refractivity contribution >= 4 is 33.8 Å². The van der Waals surface area contributed by atoms with Crippen LogP contribution < -0.4 is 5.32 Å². The van der Waals surface area contributed by atoms with Crippen molar-refractivity contribution in [3.05, 3.63) is 34.3 Å². The standard InChI is InChI=1S/C21H30BrN3O4/c1-4-24(5-2)21(28)25-11-9-15(10-12-25)20(27)23-18(14-19(26)29-3)16-7-6-8-17(22)13-16/h6-8,13,15,18H,4-5,9-12,14H2,1-3H3,(H,23,27). The molecule has 160 valence electrons. The molecule has 3 amide bonds. The lowest BCUT2D eigenvalue weighted by atomic mass is 9.94. The number of carbonyl (C=O) groups excluding carboxylic acids is 3. The minimum Gasteiger partial charge on any atom is -0.469 e. The molecule has 1 aromatic carbocycles. The first kappa shape index (κ1) is 23.2. The van der Waals surface area contributed by atoms with Gasteiger partial charge in [-0.25, -0.2) is 4.79 Å². The average molecular weight is 468 g/mol. The predicted molar refractivity (Wildman–Crippen MR) is 114 cm³/mol. The molecular weight excluding hydrogens is 438 g/mol. The Morgan fingerprint density at radius 1 is 1.24 bits per heavy atom. The van der Waals surface area contributed by atoms with Crippen molar-refractivity contribution in [1.82, 2.24) is 15.1 Å². The number of methoxy groups -OCH3 is 1. The van der Waals surface area contributed by atoms with Gasteiger partial charge in [0.15, 0.2) is 0 Å². The Balaban J connectivity index is 1.99. The number of hydrogen-bond acceptors (Lipinski definition) is 4. The zero-order valence-corrected chi connectivity index (χ0v) is 18.9. The minimum absolute atomic E-state index is 0.0339. The Labute approximate surface area is 180 Å². The minimum atomic E-state index is -0.456. The summed E-state index contributed by atoms with van der Waals surface area (Å²) in [7, 11) is 1.34. The van der Waals surface area contributed by atoms with Crippen LogP contribution in [0.5, 0.6) is 0 Å². The number of nitrogens with one attached hydrogen (secondary N) is 1. The largest absolute Gasteiger partial charge is 0.469 e. The number of esters is 1. The SMILES string of the molecule is CCN(CC)C(=O)N1CCC(C(=O)NC(CC(=O)OC)c2cccc(Br)c2)CC1. The Bertz CT molecular complexity index is 716. The van der Waals surface area contributed by atoms with Crippen LogP contribution in [0.1, 0.15) is 44.7 Å². The summed E-state index contributed by atoms with van der Waals surface area (Å²) in [5.41, 5.74) is 0.840. The number of hydrogen-bond donors (Lipinski definition) is 1. The predicted octanol–water partition coefficient (Wildman–Crippen LogP) is 3.34. The van der Waals surface area contributed by atoms with Crippen molar-refractivity contribution < 1.29 is 19.1 Å². The van der Waals surface area contributed by atoms with Gasteiger partial charge in [-0.2, -0.15) is 0 Å². The fraction of sp³-hybridized carbons (Fsp3) is 0.571.